The van der Waals surface area contributed by atoms with Crippen molar-refractivity contribution in [2.45, 2.75) is 65.3 Å². The Morgan fingerprint density at radius 1 is 1.13 bits per heavy atom. The van der Waals surface area contributed by atoms with E-state index in [1.165, 1.54) is 0 Å². The van der Waals surface area contributed by atoms with Gasteiger partial charge in [-0.25, -0.2) is 0 Å². The molecular weight excluding hydrogens is 390 g/mol. The second-order valence-corrected chi connectivity index (χ2v) is 8.21. The fourth-order valence-electron chi connectivity index (χ4n) is 3.80. The molecule has 0 atom stereocenters. The summed E-state index contributed by atoms with van der Waals surface area (Å²) in [4.78, 5) is 24.6. The van der Waals surface area contributed by atoms with Crippen molar-refractivity contribution in [3.63, 3.8) is 0 Å². The van der Waals surface area contributed by atoms with Crippen LogP contribution in [-0.2, 0) is 9.53 Å². The van der Waals surface area contributed by atoms with E-state index >= 15 is 0 Å². The van der Waals surface area contributed by atoms with Gasteiger partial charge in [-0.1, -0.05) is 25.2 Å². The van der Waals surface area contributed by atoms with Gasteiger partial charge >= 0.3 is 5.97 Å². The first-order valence-corrected chi connectivity index (χ1v) is 11.4. The molecule has 0 saturated heterocycles. The number of aromatic nitrogens is 1. The predicted octanol–water partition coefficient (Wildman–Crippen LogP) is 5.82. The summed E-state index contributed by atoms with van der Waals surface area (Å²) in [7, 11) is 0. The molecule has 0 N–H and O–H groups in total. The summed E-state index contributed by atoms with van der Waals surface area (Å²) in [5, 5.41) is 0.995. The zero-order chi connectivity index (χ0) is 22.2. The van der Waals surface area contributed by atoms with E-state index in [1.54, 1.807) is 0 Å². The Morgan fingerprint density at radius 2 is 1.94 bits per heavy atom. The number of unbranched alkanes of at least 4 members (excludes halogenated alkanes) is 1. The lowest BCUT2D eigenvalue weighted by atomic mass is 9.99. The highest BCUT2D eigenvalue weighted by Crippen LogP contribution is 2.27. The summed E-state index contributed by atoms with van der Waals surface area (Å²) in [6.07, 6.45) is 11.2. The number of hydrogen-bond donors (Lipinski definition) is 0. The number of rotatable bonds is 10. The van der Waals surface area contributed by atoms with E-state index in [1.807, 2.05) is 55.7 Å². The molecule has 3 rings (SSSR count). The highest BCUT2D eigenvalue weighted by molar-refractivity contribution is 5.86. The van der Waals surface area contributed by atoms with Gasteiger partial charge in [0.05, 0.1) is 18.7 Å². The molecule has 0 saturated carbocycles. The number of carbonyl (C=O) groups is 1. The van der Waals surface area contributed by atoms with E-state index in [9.17, 15) is 9.59 Å². The Balaban J connectivity index is 1.73. The summed E-state index contributed by atoms with van der Waals surface area (Å²) >= 11 is 0. The van der Waals surface area contributed by atoms with E-state index in [-0.39, 0.29) is 17.6 Å². The molecule has 1 aliphatic carbocycles. The molecule has 1 aromatic carbocycles. The Morgan fingerprint density at radius 3 is 2.65 bits per heavy atom. The molecule has 2 aromatic rings. The molecule has 5 nitrogen and oxygen atoms in total. The highest BCUT2D eigenvalue weighted by atomic mass is 16.5. The van der Waals surface area contributed by atoms with Gasteiger partial charge in [0, 0.05) is 23.4 Å². The number of ether oxygens (including phenoxy) is 2. The molecule has 5 heteroatoms. The number of allylic oxidation sites excluding steroid dienone is 4. The number of carbonyl (C=O) groups excluding carboxylic acids is 1. The number of fused-ring (bicyclic) bond motifs is 1. The van der Waals surface area contributed by atoms with Crippen LogP contribution in [0.1, 0.15) is 70.9 Å². The van der Waals surface area contributed by atoms with Crippen molar-refractivity contribution in [3.8, 4) is 5.75 Å². The van der Waals surface area contributed by atoms with E-state index < -0.39 is 0 Å². The van der Waals surface area contributed by atoms with Gasteiger partial charge in [0.25, 0.3) is 5.56 Å². The van der Waals surface area contributed by atoms with Crippen molar-refractivity contribution in [1.82, 2.24) is 4.57 Å². The zero-order valence-corrected chi connectivity index (χ0v) is 18.9. The highest BCUT2D eigenvalue weighted by Gasteiger charge is 2.15. The molecule has 1 aromatic heterocycles. The van der Waals surface area contributed by atoms with Crippen molar-refractivity contribution < 1.29 is 14.3 Å². The Hall–Kier alpha value is -2.82. The van der Waals surface area contributed by atoms with Gasteiger partial charge < -0.3 is 14.0 Å². The SMILES string of the molecule is CCCC(=O)OCCCCOc1ccc2c(c1)cc(C1=CCCC=C1)c(=O)n2C(C)C. The van der Waals surface area contributed by atoms with Gasteiger partial charge in [-0.2, -0.15) is 0 Å². The fraction of sp³-hybridized carbons (Fsp3) is 0.462. The van der Waals surface area contributed by atoms with Crippen LogP contribution in [0.5, 0.6) is 5.75 Å². The minimum Gasteiger partial charge on any atom is -0.494 e. The van der Waals surface area contributed by atoms with E-state index in [0.29, 0.717) is 19.6 Å². The molecule has 0 fully saturated rings. The van der Waals surface area contributed by atoms with Crippen molar-refractivity contribution in [1.29, 1.82) is 0 Å². The van der Waals surface area contributed by atoms with Crippen LogP contribution in [0.25, 0.3) is 16.5 Å². The molecule has 0 aliphatic heterocycles. The first-order chi connectivity index (χ1) is 15.0. The summed E-state index contributed by atoms with van der Waals surface area (Å²) in [5.74, 6) is 0.649. The topological polar surface area (TPSA) is 57.5 Å². The maximum Gasteiger partial charge on any atom is 0.305 e. The maximum absolute atomic E-state index is 13.2. The van der Waals surface area contributed by atoms with Gasteiger partial charge in [0.1, 0.15) is 5.75 Å². The maximum atomic E-state index is 13.2. The minimum atomic E-state index is -0.132. The summed E-state index contributed by atoms with van der Waals surface area (Å²) in [6.45, 7) is 7.03. The van der Waals surface area contributed by atoms with Crippen LogP contribution in [0.4, 0.5) is 0 Å². The lowest BCUT2D eigenvalue weighted by Gasteiger charge is -2.18. The second-order valence-electron chi connectivity index (χ2n) is 8.21. The number of nitrogens with zero attached hydrogens (tertiary/aromatic N) is 1. The molecule has 0 bridgehead atoms. The molecule has 0 spiro atoms. The standard InChI is InChI=1S/C26H33NO4/c1-4-10-25(28)31-16-9-8-15-30-22-13-14-24-21(17-22)18-23(20-11-6-5-7-12-20)26(29)27(24)19(2)3/h6,11-14,17-19H,4-5,7-10,15-16H2,1-3H3. The van der Waals surface area contributed by atoms with Gasteiger partial charge in [0.15, 0.2) is 0 Å². The average molecular weight is 424 g/mol. The predicted molar refractivity (Wildman–Crippen MR) is 126 cm³/mol. The van der Waals surface area contributed by atoms with Crippen molar-refractivity contribution in [2.75, 3.05) is 13.2 Å². The lowest BCUT2D eigenvalue weighted by Crippen LogP contribution is -2.25. The Labute approximate surface area is 184 Å². The molecule has 0 radical (unpaired) electrons. The number of hydrogen-bond acceptors (Lipinski definition) is 4. The third kappa shape index (κ3) is 5.87. The van der Waals surface area contributed by atoms with Gasteiger partial charge in [0.2, 0.25) is 0 Å². The van der Waals surface area contributed by atoms with Crippen LogP contribution < -0.4 is 10.3 Å². The summed E-state index contributed by atoms with van der Waals surface area (Å²) in [5.41, 5.74) is 2.70. The van der Waals surface area contributed by atoms with Crippen LogP contribution in [-0.4, -0.2) is 23.8 Å². The molecular formula is C26H33NO4. The average Bonchev–Trinajstić information content (AvgIpc) is 2.76. The minimum absolute atomic E-state index is 0.0478. The first kappa shape index (κ1) is 22.9. The summed E-state index contributed by atoms with van der Waals surface area (Å²) < 4.78 is 13.0. The van der Waals surface area contributed by atoms with Gasteiger partial charge in [-0.15, -0.1) is 0 Å². The summed E-state index contributed by atoms with van der Waals surface area (Å²) in [6, 6.07) is 7.93. The quantitative estimate of drug-likeness (QED) is 0.357. The molecule has 1 heterocycles. The Kier molecular flexibility index (Phi) is 8.10. The van der Waals surface area contributed by atoms with Crippen molar-refractivity contribution >= 4 is 22.4 Å². The lowest BCUT2D eigenvalue weighted by molar-refractivity contribution is -0.143. The normalized spacial score (nSPS) is 13.5. The van der Waals surface area contributed by atoms with Gasteiger partial charge in [-0.3, -0.25) is 9.59 Å². The Bertz CT molecular complexity index is 1030. The van der Waals surface area contributed by atoms with Crippen LogP contribution in [0.15, 0.2) is 47.3 Å². The van der Waals surface area contributed by atoms with Crippen LogP contribution in [0.2, 0.25) is 0 Å². The van der Waals surface area contributed by atoms with E-state index in [2.05, 4.69) is 12.2 Å². The monoisotopic (exact) mass is 423 g/mol. The fourth-order valence-corrected chi connectivity index (χ4v) is 3.80. The smallest absolute Gasteiger partial charge is 0.305 e. The third-order valence-corrected chi connectivity index (χ3v) is 5.35. The van der Waals surface area contributed by atoms with Crippen molar-refractivity contribution in [2.24, 2.45) is 0 Å². The molecule has 0 amide bonds. The van der Waals surface area contributed by atoms with E-state index in [0.717, 1.165) is 59.9 Å². The van der Waals surface area contributed by atoms with Crippen LogP contribution in [0.3, 0.4) is 0 Å². The molecule has 1 aliphatic rings. The largest absolute Gasteiger partial charge is 0.494 e. The number of pyridine rings is 1. The van der Waals surface area contributed by atoms with Gasteiger partial charge in [-0.05, 0) is 75.8 Å². The van der Waals surface area contributed by atoms with Crippen LogP contribution >= 0.6 is 0 Å². The zero-order valence-electron chi connectivity index (χ0n) is 18.9. The molecule has 166 valence electrons. The van der Waals surface area contributed by atoms with Crippen molar-refractivity contribution in [3.05, 3.63) is 58.4 Å². The molecule has 31 heavy (non-hydrogen) atoms. The van der Waals surface area contributed by atoms with Crippen LogP contribution in [0, 0.1) is 0 Å². The molecule has 0 unspecified atom stereocenters. The third-order valence-electron chi connectivity index (χ3n) is 5.35. The van der Waals surface area contributed by atoms with E-state index in [4.69, 9.17) is 9.47 Å². The first-order valence-electron chi connectivity index (χ1n) is 11.4. The number of benzene rings is 1. The second kappa shape index (κ2) is 11.0. The number of esters is 1.